The van der Waals surface area contributed by atoms with Crippen molar-refractivity contribution >= 4 is 23.8 Å². The molecular weight excluding hydrogens is 452 g/mol. The molecule has 0 aliphatic carbocycles. The average Bonchev–Trinajstić information content (AvgIpc) is 2.81. The molecule has 0 fully saturated rings. The van der Waals surface area contributed by atoms with Gasteiger partial charge in [-0.15, -0.1) is 0 Å². The fraction of sp³-hybridized carbons (Fsp3) is 0.360. The van der Waals surface area contributed by atoms with Gasteiger partial charge in [0.1, 0.15) is 17.7 Å². The fourth-order valence-electron chi connectivity index (χ4n) is 3.17. The van der Waals surface area contributed by atoms with Crippen molar-refractivity contribution in [3.63, 3.8) is 0 Å². The van der Waals surface area contributed by atoms with E-state index in [0.29, 0.717) is 0 Å². The zero-order chi connectivity index (χ0) is 25.8. The maximum absolute atomic E-state index is 13.3. The van der Waals surface area contributed by atoms with Crippen LogP contribution in [-0.2, 0) is 32.0 Å². The third kappa shape index (κ3) is 10.3. The third-order valence-corrected chi connectivity index (χ3v) is 4.75. The molecule has 5 N–H and O–H groups in total. The molecule has 0 saturated heterocycles. The maximum Gasteiger partial charge on any atom is 0.408 e. The number of benzene rings is 2. The fourth-order valence-corrected chi connectivity index (χ4v) is 3.17. The second-order valence-electron chi connectivity index (χ2n) is 8.89. The van der Waals surface area contributed by atoms with Crippen molar-refractivity contribution in [1.82, 2.24) is 21.4 Å². The Morgan fingerprint density at radius 2 is 1.29 bits per heavy atom. The van der Waals surface area contributed by atoms with Crippen molar-refractivity contribution in [2.45, 2.75) is 51.3 Å². The van der Waals surface area contributed by atoms with Gasteiger partial charge < -0.3 is 20.7 Å². The van der Waals surface area contributed by atoms with E-state index in [1.807, 2.05) is 36.4 Å². The molecule has 0 aromatic heterocycles. The minimum atomic E-state index is -1.05. The van der Waals surface area contributed by atoms with Gasteiger partial charge in [0.15, 0.2) is 0 Å². The molecule has 188 valence electrons. The van der Waals surface area contributed by atoms with Gasteiger partial charge in [-0.1, -0.05) is 60.7 Å². The minimum Gasteiger partial charge on any atom is -0.444 e. The van der Waals surface area contributed by atoms with Crippen molar-refractivity contribution in [2.24, 2.45) is 0 Å². The normalized spacial score (nSPS) is 12.6. The van der Waals surface area contributed by atoms with Gasteiger partial charge in [-0.25, -0.2) is 10.3 Å². The quantitative estimate of drug-likeness (QED) is 0.255. The summed E-state index contributed by atoms with van der Waals surface area (Å²) in [6.45, 7) is 4.66. The van der Waals surface area contributed by atoms with Gasteiger partial charge in [0.05, 0.1) is 6.54 Å². The number of hydrogen-bond acceptors (Lipinski definition) is 6. The lowest BCUT2D eigenvalue weighted by Gasteiger charge is -2.25. The molecule has 0 bridgehead atoms. The number of nitrogens with one attached hydrogen (secondary N) is 4. The first-order valence-electron chi connectivity index (χ1n) is 11.2. The summed E-state index contributed by atoms with van der Waals surface area (Å²) in [7, 11) is 0. The van der Waals surface area contributed by atoms with E-state index in [-0.39, 0.29) is 12.8 Å². The zero-order valence-corrected chi connectivity index (χ0v) is 20.0. The van der Waals surface area contributed by atoms with E-state index in [2.05, 4.69) is 16.0 Å². The highest BCUT2D eigenvalue weighted by Gasteiger charge is 2.29. The molecule has 2 atom stereocenters. The first kappa shape index (κ1) is 27.3. The Kier molecular flexibility index (Phi) is 10.2. The van der Waals surface area contributed by atoms with Gasteiger partial charge in [-0.2, -0.15) is 0 Å². The molecule has 10 heteroatoms. The van der Waals surface area contributed by atoms with E-state index in [4.69, 9.17) is 9.94 Å². The molecule has 0 heterocycles. The average molecular weight is 485 g/mol. The van der Waals surface area contributed by atoms with Gasteiger partial charge in [0, 0.05) is 12.8 Å². The second-order valence-corrected chi connectivity index (χ2v) is 8.89. The van der Waals surface area contributed by atoms with Gasteiger partial charge in [0.2, 0.25) is 11.8 Å². The summed E-state index contributed by atoms with van der Waals surface area (Å²) >= 11 is 0. The summed E-state index contributed by atoms with van der Waals surface area (Å²) in [5.41, 5.74) is 2.25. The van der Waals surface area contributed by atoms with Crippen LogP contribution in [-0.4, -0.2) is 53.3 Å². The number of hydroxylamine groups is 1. The molecule has 2 aromatic rings. The van der Waals surface area contributed by atoms with Gasteiger partial charge in [-0.3, -0.25) is 19.6 Å². The number of ether oxygens (including phenoxy) is 1. The van der Waals surface area contributed by atoms with Crippen molar-refractivity contribution in [3.05, 3.63) is 71.8 Å². The van der Waals surface area contributed by atoms with Crippen molar-refractivity contribution in [3.8, 4) is 0 Å². The molecule has 10 nitrogen and oxygen atoms in total. The molecule has 0 saturated carbocycles. The number of amides is 4. The highest BCUT2D eigenvalue weighted by Crippen LogP contribution is 2.10. The van der Waals surface area contributed by atoms with E-state index < -0.39 is 48.0 Å². The lowest BCUT2D eigenvalue weighted by Crippen LogP contribution is -2.56. The molecule has 4 amide bonds. The van der Waals surface area contributed by atoms with Crippen LogP contribution >= 0.6 is 0 Å². The van der Waals surface area contributed by atoms with Crippen LogP contribution in [0.3, 0.4) is 0 Å². The summed E-state index contributed by atoms with van der Waals surface area (Å²) in [5, 5.41) is 16.3. The summed E-state index contributed by atoms with van der Waals surface area (Å²) < 4.78 is 5.30. The van der Waals surface area contributed by atoms with Crippen LogP contribution in [0, 0.1) is 0 Å². The topological polar surface area (TPSA) is 146 Å². The minimum absolute atomic E-state index is 0.143. The largest absolute Gasteiger partial charge is 0.444 e. The van der Waals surface area contributed by atoms with Crippen LogP contribution in [0.25, 0.3) is 0 Å². The third-order valence-electron chi connectivity index (χ3n) is 4.75. The van der Waals surface area contributed by atoms with Crippen LogP contribution in [0.1, 0.15) is 31.9 Å². The molecule has 0 radical (unpaired) electrons. The van der Waals surface area contributed by atoms with Crippen molar-refractivity contribution in [2.75, 3.05) is 6.54 Å². The predicted molar refractivity (Wildman–Crippen MR) is 128 cm³/mol. The van der Waals surface area contributed by atoms with Crippen molar-refractivity contribution in [1.29, 1.82) is 0 Å². The second kappa shape index (κ2) is 13.1. The Bertz CT molecular complexity index is 992. The van der Waals surface area contributed by atoms with Gasteiger partial charge >= 0.3 is 6.09 Å². The first-order chi connectivity index (χ1) is 16.6. The van der Waals surface area contributed by atoms with E-state index in [0.717, 1.165) is 11.1 Å². The van der Waals surface area contributed by atoms with Gasteiger partial charge in [0.25, 0.3) is 5.91 Å². The van der Waals surface area contributed by atoms with E-state index >= 15 is 0 Å². The van der Waals surface area contributed by atoms with Crippen LogP contribution in [0.4, 0.5) is 4.79 Å². The highest BCUT2D eigenvalue weighted by atomic mass is 16.6. The number of carbonyl (C=O) groups is 4. The summed E-state index contributed by atoms with van der Waals surface area (Å²) in [4.78, 5) is 49.8. The zero-order valence-electron chi connectivity index (χ0n) is 20.0. The lowest BCUT2D eigenvalue weighted by atomic mass is 10.0. The van der Waals surface area contributed by atoms with Crippen LogP contribution in [0.5, 0.6) is 0 Å². The number of carbonyl (C=O) groups excluding carboxylic acids is 4. The molecule has 0 aliphatic heterocycles. The molecule has 2 aromatic carbocycles. The van der Waals surface area contributed by atoms with E-state index in [9.17, 15) is 19.2 Å². The Morgan fingerprint density at radius 1 is 0.800 bits per heavy atom. The Hall–Kier alpha value is -3.92. The van der Waals surface area contributed by atoms with Crippen LogP contribution in [0.2, 0.25) is 0 Å². The monoisotopic (exact) mass is 484 g/mol. The Labute approximate surface area is 204 Å². The molecule has 35 heavy (non-hydrogen) atoms. The predicted octanol–water partition coefficient (Wildman–Crippen LogP) is 1.47. The summed E-state index contributed by atoms with van der Waals surface area (Å²) in [6.07, 6.45) is -0.459. The molecule has 2 unspecified atom stereocenters. The number of alkyl carbamates (subject to hydrolysis) is 1. The first-order valence-corrected chi connectivity index (χ1v) is 11.2. The van der Waals surface area contributed by atoms with Crippen LogP contribution in [0.15, 0.2) is 60.7 Å². The van der Waals surface area contributed by atoms with Crippen molar-refractivity contribution < 1.29 is 29.1 Å². The molecular formula is C25H32N4O6. The number of rotatable bonds is 10. The van der Waals surface area contributed by atoms with Crippen LogP contribution < -0.4 is 21.4 Å². The summed E-state index contributed by atoms with van der Waals surface area (Å²) in [5.74, 6) is -2.03. The Morgan fingerprint density at radius 3 is 1.74 bits per heavy atom. The highest BCUT2D eigenvalue weighted by molar-refractivity contribution is 5.93. The number of hydrogen-bond donors (Lipinski definition) is 5. The van der Waals surface area contributed by atoms with Gasteiger partial charge in [-0.05, 0) is 31.9 Å². The maximum atomic E-state index is 13.3. The summed E-state index contributed by atoms with van der Waals surface area (Å²) in [6, 6.07) is 16.0. The molecule has 0 spiro atoms. The molecule has 0 aliphatic rings. The standard InChI is InChI=1S/C25H32N4O6/c1-25(2,3)35-24(33)28-20(15-18-12-8-5-9-13-18)23(32)27-19(14-17-10-6-4-7-11-17)22(31)26-16-21(30)29-34/h4-13,19-20,34H,14-16H2,1-3H3,(H,26,31)(H,27,32)(H,28,33)(H,29,30). The molecule has 2 rings (SSSR count). The van der Waals surface area contributed by atoms with E-state index in [1.54, 1.807) is 45.0 Å². The Balaban J connectivity index is 2.21. The van der Waals surface area contributed by atoms with E-state index in [1.165, 1.54) is 5.48 Å². The lowest BCUT2D eigenvalue weighted by molar-refractivity contribution is -0.133. The SMILES string of the molecule is CC(C)(C)OC(=O)NC(Cc1ccccc1)C(=O)NC(Cc1ccccc1)C(=O)NCC(=O)NO. The smallest absolute Gasteiger partial charge is 0.408 e.